The van der Waals surface area contributed by atoms with Crippen molar-refractivity contribution >= 4 is 5.91 Å². The molecule has 1 fully saturated rings. The van der Waals surface area contributed by atoms with E-state index >= 15 is 0 Å². The predicted molar refractivity (Wildman–Crippen MR) is 77.9 cm³/mol. The molecule has 0 bridgehead atoms. The number of hydrogen-bond donors (Lipinski definition) is 2. The summed E-state index contributed by atoms with van der Waals surface area (Å²) in [5.41, 5.74) is 2.44. The second-order valence-electron chi connectivity index (χ2n) is 5.45. The molecule has 0 aromatic heterocycles. The molecular formula is C16H24N2O. The van der Waals surface area contributed by atoms with Gasteiger partial charge >= 0.3 is 0 Å². The Morgan fingerprint density at radius 3 is 3.00 bits per heavy atom. The molecule has 1 aromatic rings. The molecule has 104 valence electrons. The van der Waals surface area contributed by atoms with Gasteiger partial charge in [0.25, 0.3) is 0 Å². The molecule has 0 saturated carbocycles. The van der Waals surface area contributed by atoms with Gasteiger partial charge in [0.1, 0.15) is 0 Å². The average Bonchev–Trinajstić information content (AvgIpc) is 2.45. The van der Waals surface area contributed by atoms with E-state index in [1.807, 2.05) is 12.1 Å². The van der Waals surface area contributed by atoms with Gasteiger partial charge in [-0.05, 0) is 56.3 Å². The maximum absolute atomic E-state index is 11.8. The first-order valence-corrected chi connectivity index (χ1v) is 7.27. The van der Waals surface area contributed by atoms with Crippen LogP contribution in [-0.2, 0) is 11.3 Å². The Balaban J connectivity index is 1.68. The summed E-state index contributed by atoms with van der Waals surface area (Å²) in [6.45, 7) is 4.94. The average molecular weight is 260 g/mol. The first kappa shape index (κ1) is 14.1. The minimum Gasteiger partial charge on any atom is -0.352 e. The third kappa shape index (κ3) is 4.67. The lowest BCUT2D eigenvalue weighted by Crippen LogP contribution is -2.31. The van der Waals surface area contributed by atoms with E-state index in [4.69, 9.17) is 0 Å². The summed E-state index contributed by atoms with van der Waals surface area (Å²) in [4.78, 5) is 11.8. The van der Waals surface area contributed by atoms with E-state index < -0.39 is 0 Å². The summed E-state index contributed by atoms with van der Waals surface area (Å²) in [5.74, 6) is 0.854. The number of carbonyl (C=O) groups excluding carboxylic acids is 1. The third-order valence-corrected chi connectivity index (χ3v) is 3.92. The summed E-state index contributed by atoms with van der Waals surface area (Å²) in [5, 5.41) is 6.41. The van der Waals surface area contributed by atoms with E-state index in [0.29, 0.717) is 18.9 Å². The quantitative estimate of drug-likeness (QED) is 0.853. The largest absolute Gasteiger partial charge is 0.352 e. The van der Waals surface area contributed by atoms with Crippen LogP contribution < -0.4 is 10.6 Å². The maximum Gasteiger partial charge on any atom is 0.220 e. The highest BCUT2D eigenvalue weighted by Crippen LogP contribution is 2.15. The smallest absolute Gasteiger partial charge is 0.220 e. The summed E-state index contributed by atoms with van der Waals surface area (Å²) >= 11 is 0. The minimum absolute atomic E-state index is 0.175. The van der Waals surface area contributed by atoms with Crippen LogP contribution in [0.1, 0.15) is 36.8 Å². The second kappa shape index (κ2) is 7.29. The van der Waals surface area contributed by atoms with Crippen molar-refractivity contribution in [3.8, 4) is 0 Å². The Morgan fingerprint density at radius 2 is 2.26 bits per heavy atom. The van der Waals surface area contributed by atoms with E-state index in [1.165, 1.54) is 24.0 Å². The zero-order valence-corrected chi connectivity index (χ0v) is 11.7. The van der Waals surface area contributed by atoms with Crippen LogP contribution in [0.2, 0.25) is 0 Å². The lowest BCUT2D eigenvalue weighted by atomic mass is 9.94. The highest BCUT2D eigenvalue weighted by molar-refractivity contribution is 5.75. The van der Waals surface area contributed by atoms with Crippen molar-refractivity contribution < 1.29 is 4.79 Å². The summed E-state index contributed by atoms with van der Waals surface area (Å²) in [6.07, 6.45) is 4.17. The van der Waals surface area contributed by atoms with Crippen LogP contribution in [-0.4, -0.2) is 19.0 Å². The van der Waals surface area contributed by atoms with Gasteiger partial charge in [-0.25, -0.2) is 0 Å². The molecule has 1 saturated heterocycles. The van der Waals surface area contributed by atoms with Crippen LogP contribution >= 0.6 is 0 Å². The van der Waals surface area contributed by atoms with Gasteiger partial charge in [-0.2, -0.15) is 0 Å². The maximum atomic E-state index is 11.8. The molecule has 1 heterocycles. The lowest BCUT2D eigenvalue weighted by Gasteiger charge is -2.22. The molecule has 19 heavy (non-hydrogen) atoms. The lowest BCUT2D eigenvalue weighted by molar-refractivity contribution is -0.121. The van der Waals surface area contributed by atoms with Crippen molar-refractivity contribution in [1.29, 1.82) is 0 Å². The van der Waals surface area contributed by atoms with Gasteiger partial charge in [-0.3, -0.25) is 4.79 Å². The fourth-order valence-electron chi connectivity index (χ4n) is 2.60. The first-order chi connectivity index (χ1) is 9.25. The standard InChI is InChI=1S/C16H24N2O/c1-13-5-2-3-7-15(13)12-18-16(19)9-8-14-6-4-10-17-11-14/h2-3,5,7,14,17H,4,6,8-12H2,1H3,(H,18,19). The number of hydrogen-bond acceptors (Lipinski definition) is 2. The van der Waals surface area contributed by atoms with Crippen LogP contribution in [0.15, 0.2) is 24.3 Å². The van der Waals surface area contributed by atoms with Crippen molar-refractivity contribution in [3.63, 3.8) is 0 Å². The van der Waals surface area contributed by atoms with E-state index in [9.17, 15) is 4.79 Å². The number of aryl methyl sites for hydroxylation is 1. The predicted octanol–water partition coefficient (Wildman–Crippen LogP) is 2.39. The molecule has 3 heteroatoms. The van der Waals surface area contributed by atoms with E-state index in [1.54, 1.807) is 0 Å². The Bertz CT molecular complexity index is 411. The van der Waals surface area contributed by atoms with Crippen LogP contribution in [0.3, 0.4) is 0 Å². The van der Waals surface area contributed by atoms with E-state index in [2.05, 4.69) is 29.7 Å². The third-order valence-electron chi connectivity index (χ3n) is 3.92. The molecule has 2 rings (SSSR count). The summed E-state index contributed by atoms with van der Waals surface area (Å²) < 4.78 is 0. The van der Waals surface area contributed by atoms with Gasteiger partial charge in [0.05, 0.1) is 0 Å². The molecule has 2 N–H and O–H groups in total. The number of nitrogens with one attached hydrogen (secondary N) is 2. The molecule has 3 nitrogen and oxygen atoms in total. The first-order valence-electron chi connectivity index (χ1n) is 7.27. The van der Waals surface area contributed by atoms with Gasteiger partial charge in [-0.1, -0.05) is 24.3 Å². The van der Waals surface area contributed by atoms with Crippen molar-refractivity contribution in [2.45, 2.75) is 39.2 Å². The van der Waals surface area contributed by atoms with Crippen LogP contribution in [0.4, 0.5) is 0 Å². The van der Waals surface area contributed by atoms with Gasteiger partial charge < -0.3 is 10.6 Å². The molecule has 1 aliphatic rings. The number of carbonyl (C=O) groups is 1. The molecule has 0 spiro atoms. The zero-order valence-electron chi connectivity index (χ0n) is 11.7. The van der Waals surface area contributed by atoms with Crippen LogP contribution in [0.5, 0.6) is 0 Å². The number of benzene rings is 1. The summed E-state index contributed by atoms with van der Waals surface area (Å²) in [7, 11) is 0. The van der Waals surface area contributed by atoms with Gasteiger partial charge in [0, 0.05) is 13.0 Å². The Kier molecular flexibility index (Phi) is 5.40. The topological polar surface area (TPSA) is 41.1 Å². The van der Waals surface area contributed by atoms with Crippen LogP contribution in [0.25, 0.3) is 0 Å². The number of amides is 1. The monoisotopic (exact) mass is 260 g/mol. The molecule has 1 amide bonds. The molecule has 1 aromatic carbocycles. The SMILES string of the molecule is Cc1ccccc1CNC(=O)CCC1CCCNC1. The zero-order chi connectivity index (χ0) is 13.5. The van der Waals surface area contributed by atoms with Crippen LogP contribution in [0, 0.1) is 12.8 Å². The van der Waals surface area contributed by atoms with Gasteiger partial charge in [-0.15, -0.1) is 0 Å². The van der Waals surface area contributed by atoms with Crippen molar-refractivity contribution in [2.24, 2.45) is 5.92 Å². The number of piperidine rings is 1. The van der Waals surface area contributed by atoms with E-state index in [0.717, 1.165) is 19.5 Å². The highest BCUT2D eigenvalue weighted by Gasteiger charge is 2.14. The fourth-order valence-corrected chi connectivity index (χ4v) is 2.60. The Morgan fingerprint density at radius 1 is 1.42 bits per heavy atom. The molecule has 1 aliphatic heterocycles. The number of rotatable bonds is 5. The van der Waals surface area contributed by atoms with Gasteiger partial charge in [0.15, 0.2) is 0 Å². The van der Waals surface area contributed by atoms with Crippen molar-refractivity contribution in [1.82, 2.24) is 10.6 Å². The molecule has 1 atom stereocenters. The molecule has 0 radical (unpaired) electrons. The molecule has 1 unspecified atom stereocenters. The normalized spacial score (nSPS) is 19.1. The highest BCUT2D eigenvalue weighted by atomic mass is 16.1. The van der Waals surface area contributed by atoms with Gasteiger partial charge in [0.2, 0.25) is 5.91 Å². The van der Waals surface area contributed by atoms with Crippen molar-refractivity contribution in [2.75, 3.05) is 13.1 Å². The second-order valence-corrected chi connectivity index (χ2v) is 5.45. The summed E-state index contributed by atoms with van der Waals surface area (Å²) in [6, 6.07) is 8.19. The van der Waals surface area contributed by atoms with E-state index in [-0.39, 0.29) is 5.91 Å². The molecular weight excluding hydrogens is 236 g/mol. The fraction of sp³-hybridized carbons (Fsp3) is 0.562. The molecule has 0 aliphatic carbocycles. The Hall–Kier alpha value is -1.35. The van der Waals surface area contributed by atoms with Crippen molar-refractivity contribution in [3.05, 3.63) is 35.4 Å². The Labute approximate surface area is 115 Å². The minimum atomic E-state index is 0.175.